The van der Waals surface area contributed by atoms with Crippen LogP contribution in [-0.2, 0) is 4.79 Å². The Morgan fingerprint density at radius 2 is 1.60 bits per heavy atom. The quantitative estimate of drug-likeness (QED) is 0.585. The fourth-order valence-electron chi connectivity index (χ4n) is 2.25. The average molecular weight is 339 g/mol. The first kappa shape index (κ1) is 18.4. The Morgan fingerprint density at radius 1 is 0.920 bits per heavy atom. The van der Waals surface area contributed by atoms with E-state index in [0.717, 1.165) is 0 Å². The van der Waals surface area contributed by atoms with Crippen molar-refractivity contribution in [3.63, 3.8) is 0 Å². The molecule has 5 heteroatoms. The Kier molecular flexibility index (Phi) is 6.46. The third-order valence-electron chi connectivity index (χ3n) is 3.63. The van der Waals surface area contributed by atoms with Crippen LogP contribution >= 0.6 is 0 Å². The van der Waals surface area contributed by atoms with Gasteiger partial charge in [0.2, 0.25) is 5.91 Å². The number of carbonyl (C=O) groups is 3. The molecule has 130 valence electrons. The van der Waals surface area contributed by atoms with Gasteiger partial charge >= 0.3 is 0 Å². The van der Waals surface area contributed by atoms with Crippen LogP contribution in [0.25, 0.3) is 0 Å². The molecule has 2 rings (SSSR count). The van der Waals surface area contributed by atoms with Gasteiger partial charge in [-0.1, -0.05) is 12.1 Å². The van der Waals surface area contributed by atoms with Crippen LogP contribution in [-0.4, -0.2) is 24.1 Å². The lowest BCUT2D eigenvalue weighted by atomic mass is 10.1. The Bertz CT molecular complexity index is 766. The monoisotopic (exact) mass is 339 g/mol. The maximum Gasteiger partial charge on any atom is 0.224 e. The molecule has 25 heavy (non-hydrogen) atoms. The van der Waals surface area contributed by atoms with E-state index in [2.05, 4.69) is 5.32 Å². The predicted molar refractivity (Wildman–Crippen MR) is 96.3 cm³/mol. The molecule has 0 aliphatic rings. The maximum absolute atomic E-state index is 11.9. The first-order valence-electron chi connectivity index (χ1n) is 8.10. The molecule has 0 unspecified atom stereocenters. The Balaban J connectivity index is 1.74. The number of Topliss-reactive ketones (excluding diaryl/α,β-unsaturated/α-hetero) is 2. The molecule has 1 amide bonds. The minimum atomic E-state index is -0.128. The Hall–Kier alpha value is -2.95. The summed E-state index contributed by atoms with van der Waals surface area (Å²) in [6.07, 6.45) is 0.878. The second kappa shape index (κ2) is 8.78. The number of ketones is 2. The van der Waals surface area contributed by atoms with Crippen molar-refractivity contribution in [2.45, 2.75) is 26.7 Å². The summed E-state index contributed by atoms with van der Waals surface area (Å²) in [4.78, 5) is 34.5. The highest BCUT2D eigenvalue weighted by Gasteiger charge is 2.05. The first-order valence-corrected chi connectivity index (χ1v) is 8.10. The van der Waals surface area contributed by atoms with Crippen molar-refractivity contribution in [1.82, 2.24) is 0 Å². The second-order valence-electron chi connectivity index (χ2n) is 5.72. The molecule has 0 atom stereocenters. The molecule has 0 radical (unpaired) electrons. The molecule has 0 aliphatic carbocycles. The molecule has 0 fully saturated rings. The molecule has 0 bridgehead atoms. The molecule has 2 aromatic rings. The molecular weight excluding hydrogens is 318 g/mol. The third-order valence-corrected chi connectivity index (χ3v) is 3.63. The van der Waals surface area contributed by atoms with Crippen molar-refractivity contribution in [2.24, 2.45) is 0 Å². The van der Waals surface area contributed by atoms with E-state index in [-0.39, 0.29) is 17.5 Å². The predicted octanol–water partition coefficient (Wildman–Crippen LogP) is 3.89. The van der Waals surface area contributed by atoms with Crippen LogP contribution in [0.2, 0.25) is 0 Å². The van der Waals surface area contributed by atoms with Gasteiger partial charge in [-0.3, -0.25) is 14.4 Å². The molecule has 0 aliphatic heterocycles. The highest BCUT2D eigenvalue weighted by molar-refractivity contribution is 5.97. The van der Waals surface area contributed by atoms with E-state index in [4.69, 9.17) is 4.74 Å². The molecule has 0 heterocycles. The molecule has 1 N–H and O–H groups in total. The van der Waals surface area contributed by atoms with E-state index in [1.54, 1.807) is 48.5 Å². The van der Waals surface area contributed by atoms with Gasteiger partial charge in [-0.2, -0.15) is 0 Å². The fraction of sp³-hybridized carbons (Fsp3) is 0.250. The van der Waals surface area contributed by atoms with Crippen LogP contribution in [0.4, 0.5) is 5.69 Å². The number of anilines is 1. The average Bonchev–Trinajstić information content (AvgIpc) is 2.59. The summed E-state index contributed by atoms with van der Waals surface area (Å²) >= 11 is 0. The van der Waals surface area contributed by atoms with E-state index >= 15 is 0 Å². The zero-order valence-corrected chi connectivity index (χ0v) is 14.4. The number of hydrogen-bond acceptors (Lipinski definition) is 4. The highest BCUT2D eigenvalue weighted by Crippen LogP contribution is 2.14. The summed E-state index contributed by atoms with van der Waals surface area (Å²) in [7, 11) is 0. The Labute approximate surface area is 147 Å². The molecule has 0 spiro atoms. The molecule has 2 aromatic carbocycles. The summed E-state index contributed by atoms with van der Waals surface area (Å²) in [5, 5.41) is 2.77. The number of carbonyl (C=O) groups excluding carboxylic acids is 3. The van der Waals surface area contributed by atoms with Crippen LogP contribution in [0.15, 0.2) is 48.5 Å². The molecule has 0 saturated carbocycles. The van der Waals surface area contributed by atoms with Crippen LogP contribution in [0.1, 0.15) is 47.4 Å². The minimum absolute atomic E-state index is 0.0112. The van der Waals surface area contributed by atoms with Gasteiger partial charge in [-0.05, 0) is 56.7 Å². The van der Waals surface area contributed by atoms with Gasteiger partial charge in [0.25, 0.3) is 0 Å². The van der Waals surface area contributed by atoms with Crippen LogP contribution < -0.4 is 10.1 Å². The Morgan fingerprint density at radius 3 is 2.24 bits per heavy atom. The number of amides is 1. The second-order valence-corrected chi connectivity index (χ2v) is 5.72. The smallest absolute Gasteiger partial charge is 0.224 e. The lowest BCUT2D eigenvalue weighted by molar-refractivity contribution is -0.116. The fourth-order valence-corrected chi connectivity index (χ4v) is 2.25. The summed E-state index contributed by atoms with van der Waals surface area (Å²) in [6, 6.07) is 13.8. The van der Waals surface area contributed by atoms with Gasteiger partial charge in [0.05, 0.1) is 6.61 Å². The maximum atomic E-state index is 11.9. The molecule has 0 aromatic heterocycles. The van der Waals surface area contributed by atoms with Gasteiger partial charge in [-0.25, -0.2) is 0 Å². The number of hydrogen-bond donors (Lipinski definition) is 1. The van der Waals surface area contributed by atoms with Gasteiger partial charge in [0, 0.05) is 23.2 Å². The van der Waals surface area contributed by atoms with Crippen molar-refractivity contribution in [3.05, 3.63) is 59.7 Å². The summed E-state index contributed by atoms with van der Waals surface area (Å²) < 4.78 is 5.56. The minimum Gasteiger partial charge on any atom is -0.494 e. The van der Waals surface area contributed by atoms with Crippen molar-refractivity contribution >= 4 is 23.2 Å². The highest BCUT2D eigenvalue weighted by atomic mass is 16.5. The zero-order valence-electron chi connectivity index (χ0n) is 14.4. The van der Waals surface area contributed by atoms with Crippen molar-refractivity contribution < 1.29 is 19.1 Å². The van der Waals surface area contributed by atoms with E-state index < -0.39 is 0 Å². The van der Waals surface area contributed by atoms with Gasteiger partial charge in [0.1, 0.15) is 5.75 Å². The lowest BCUT2D eigenvalue weighted by Gasteiger charge is -2.08. The van der Waals surface area contributed by atoms with E-state index in [1.807, 2.05) is 0 Å². The van der Waals surface area contributed by atoms with Gasteiger partial charge in [0.15, 0.2) is 11.6 Å². The summed E-state index contributed by atoms with van der Waals surface area (Å²) in [5.74, 6) is 0.508. The van der Waals surface area contributed by atoms with Crippen LogP contribution in [0.5, 0.6) is 5.75 Å². The van der Waals surface area contributed by atoms with Crippen molar-refractivity contribution in [2.75, 3.05) is 11.9 Å². The van der Waals surface area contributed by atoms with Crippen LogP contribution in [0, 0.1) is 0 Å². The lowest BCUT2D eigenvalue weighted by Crippen LogP contribution is -2.13. The van der Waals surface area contributed by atoms with Gasteiger partial charge in [-0.15, -0.1) is 0 Å². The largest absolute Gasteiger partial charge is 0.494 e. The molecule has 5 nitrogen and oxygen atoms in total. The first-order chi connectivity index (χ1) is 12.0. The topological polar surface area (TPSA) is 72.5 Å². The number of ether oxygens (including phenoxy) is 1. The van der Waals surface area contributed by atoms with E-state index in [0.29, 0.717) is 42.0 Å². The normalized spacial score (nSPS) is 10.2. The molecule has 0 saturated heterocycles. The van der Waals surface area contributed by atoms with E-state index in [9.17, 15) is 14.4 Å². The van der Waals surface area contributed by atoms with Crippen LogP contribution in [0.3, 0.4) is 0 Å². The van der Waals surface area contributed by atoms with E-state index in [1.165, 1.54) is 13.8 Å². The summed E-state index contributed by atoms with van der Waals surface area (Å²) in [5.41, 5.74) is 1.81. The van der Waals surface area contributed by atoms with Crippen molar-refractivity contribution in [1.29, 1.82) is 0 Å². The molecular formula is C20H21NO4. The summed E-state index contributed by atoms with van der Waals surface area (Å²) in [6.45, 7) is 3.40. The van der Waals surface area contributed by atoms with Gasteiger partial charge < -0.3 is 10.1 Å². The number of benzene rings is 2. The number of rotatable bonds is 8. The SMILES string of the molecule is CC(=O)c1ccc(OCCCC(=O)Nc2cccc(C(C)=O)c2)cc1. The van der Waals surface area contributed by atoms with Crippen molar-refractivity contribution in [3.8, 4) is 5.75 Å². The zero-order chi connectivity index (χ0) is 18.2. The standard InChI is InChI=1S/C20H21NO4/c1-14(22)16-8-10-19(11-9-16)25-12-4-7-20(24)21-18-6-3-5-17(13-18)15(2)23/h3,5-6,8-11,13H,4,7,12H2,1-2H3,(H,21,24). The number of nitrogens with one attached hydrogen (secondary N) is 1. The third kappa shape index (κ3) is 5.88.